The zero-order valence-corrected chi connectivity index (χ0v) is 17.1. The van der Waals surface area contributed by atoms with Crippen LogP contribution >= 0.6 is 0 Å². The molecule has 3 aromatic heterocycles. The van der Waals surface area contributed by atoms with Crippen LogP contribution in [0.2, 0.25) is 0 Å². The van der Waals surface area contributed by atoms with E-state index in [4.69, 9.17) is 4.98 Å². The summed E-state index contributed by atoms with van der Waals surface area (Å²) >= 11 is 0. The van der Waals surface area contributed by atoms with Crippen LogP contribution in [0, 0.1) is 18.8 Å². The fraction of sp³-hybridized carbons (Fsp3) is 0.208. The van der Waals surface area contributed by atoms with Crippen LogP contribution in [-0.2, 0) is 0 Å². The molecule has 0 saturated carbocycles. The van der Waals surface area contributed by atoms with Gasteiger partial charge in [0.15, 0.2) is 5.65 Å². The number of nitrogens with zero attached hydrogens (tertiary/aromatic N) is 4. The maximum absolute atomic E-state index is 4.82. The van der Waals surface area contributed by atoms with E-state index in [0.717, 1.165) is 39.7 Å². The molecule has 4 rings (SSSR count). The molecule has 0 radical (unpaired) electrons. The van der Waals surface area contributed by atoms with Crippen LogP contribution in [0.1, 0.15) is 37.7 Å². The highest BCUT2D eigenvalue weighted by Gasteiger charge is 2.19. The van der Waals surface area contributed by atoms with Gasteiger partial charge in [0.1, 0.15) is 17.2 Å². The van der Waals surface area contributed by atoms with Gasteiger partial charge in [0.05, 0.1) is 6.20 Å². The topological polar surface area (TPSA) is 55.1 Å². The fourth-order valence-corrected chi connectivity index (χ4v) is 3.08. The van der Waals surface area contributed by atoms with Gasteiger partial charge in [-0.3, -0.25) is 9.38 Å². The summed E-state index contributed by atoms with van der Waals surface area (Å²) in [6.45, 7) is 8.37. The normalized spacial score (nSPS) is 11.2. The van der Waals surface area contributed by atoms with Crippen LogP contribution in [0.4, 0.5) is 5.82 Å². The van der Waals surface area contributed by atoms with Gasteiger partial charge in [-0.15, -0.1) is 0 Å². The highest BCUT2D eigenvalue weighted by molar-refractivity contribution is 5.77. The number of hydrogen-bond acceptors (Lipinski definition) is 4. The van der Waals surface area contributed by atoms with E-state index in [9.17, 15) is 0 Å². The molecule has 0 saturated heterocycles. The lowest BCUT2D eigenvalue weighted by Crippen LogP contribution is -2.27. The summed E-state index contributed by atoms with van der Waals surface area (Å²) in [5.41, 5.74) is 5.22. The van der Waals surface area contributed by atoms with Crippen molar-refractivity contribution in [3.63, 3.8) is 0 Å². The molecular formula is C24H23N5. The Morgan fingerprint density at radius 3 is 2.62 bits per heavy atom. The summed E-state index contributed by atoms with van der Waals surface area (Å²) in [4.78, 5) is 13.5. The zero-order chi connectivity index (χ0) is 20.4. The molecule has 144 valence electrons. The summed E-state index contributed by atoms with van der Waals surface area (Å²) < 4.78 is 2.03. The first kappa shape index (κ1) is 18.7. The predicted octanol–water partition coefficient (Wildman–Crippen LogP) is 4.71. The van der Waals surface area contributed by atoms with Crippen molar-refractivity contribution in [1.82, 2.24) is 19.4 Å². The quantitative estimate of drug-likeness (QED) is 0.511. The van der Waals surface area contributed by atoms with Crippen LogP contribution in [0.3, 0.4) is 0 Å². The second kappa shape index (κ2) is 7.40. The van der Waals surface area contributed by atoms with Gasteiger partial charge < -0.3 is 5.32 Å². The number of aromatic nitrogens is 4. The molecule has 5 nitrogen and oxygen atoms in total. The van der Waals surface area contributed by atoms with E-state index in [-0.39, 0.29) is 5.54 Å². The van der Waals surface area contributed by atoms with Crippen molar-refractivity contribution in [2.24, 2.45) is 0 Å². The number of pyridine rings is 1. The Labute approximate surface area is 170 Å². The molecule has 4 aromatic rings. The average Bonchev–Trinajstić information content (AvgIpc) is 3.04. The van der Waals surface area contributed by atoms with E-state index >= 15 is 0 Å². The van der Waals surface area contributed by atoms with Crippen LogP contribution < -0.4 is 5.32 Å². The Hall–Kier alpha value is -3.65. The largest absolute Gasteiger partial charge is 0.365 e. The van der Waals surface area contributed by atoms with Gasteiger partial charge in [0, 0.05) is 34.8 Å². The second-order valence-corrected chi connectivity index (χ2v) is 7.98. The average molecular weight is 381 g/mol. The summed E-state index contributed by atoms with van der Waals surface area (Å²) in [5, 5.41) is 3.58. The highest BCUT2D eigenvalue weighted by Crippen LogP contribution is 2.30. The van der Waals surface area contributed by atoms with Crippen molar-refractivity contribution >= 4 is 11.5 Å². The number of benzene rings is 1. The van der Waals surface area contributed by atoms with E-state index in [1.54, 1.807) is 12.4 Å². The SMILES string of the molecule is Cc1cccc(C#Cc2cccc(-c3nc4cnccn4c3NC(C)(C)C)c2)n1. The Balaban J connectivity index is 1.77. The Bertz CT molecular complexity index is 1240. The number of rotatable bonds is 2. The molecule has 0 atom stereocenters. The summed E-state index contributed by atoms with van der Waals surface area (Å²) in [6, 6.07) is 14.0. The second-order valence-electron chi connectivity index (χ2n) is 7.98. The molecule has 1 N–H and O–H groups in total. The molecule has 1 aromatic carbocycles. The number of hydrogen-bond donors (Lipinski definition) is 1. The monoisotopic (exact) mass is 381 g/mol. The molecule has 0 aliphatic rings. The van der Waals surface area contributed by atoms with Gasteiger partial charge in [-0.25, -0.2) is 9.97 Å². The predicted molar refractivity (Wildman–Crippen MR) is 117 cm³/mol. The molecule has 0 aliphatic heterocycles. The minimum atomic E-state index is -0.109. The minimum absolute atomic E-state index is 0.109. The van der Waals surface area contributed by atoms with Crippen molar-refractivity contribution in [2.45, 2.75) is 33.2 Å². The van der Waals surface area contributed by atoms with E-state index in [2.05, 4.69) is 60.0 Å². The molecular weight excluding hydrogens is 358 g/mol. The minimum Gasteiger partial charge on any atom is -0.365 e. The zero-order valence-electron chi connectivity index (χ0n) is 17.1. The van der Waals surface area contributed by atoms with E-state index in [1.807, 2.05) is 47.9 Å². The van der Waals surface area contributed by atoms with E-state index in [1.165, 1.54) is 0 Å². The van der Waals surface area contributed by atoms with Gasteiger partial charge in [-0.2, -0.15) is 0 Å². The number of imidazole rings is 1. The summed E-state index contributed by atoms with van der Waals surface area (Å²) in [6.07, 6.45) is 5.46. The van der Waals surface area contributed by atoms with Gasteiger partial charge in [0.2, 0.25) is 0 Å². The fourth-order valence-electron chi connectivity index (χ4n) is 3.08. The molecule has 0 bridgehead atoms. The number of fused-ring (bicyclic) bond motifs is 1. The number of nitrogens with one attached hydrogen (secondary N) is 1. The van der Waals surface area contributed by atoms with Gasteiger partial charge in [0.25, 0.3) is 0 Å². The molecule has 3 heterocycles. The molecule has 29 heavy (non-hydrogen) atoms. The molecule has 0 aliphatic carbocycles. The lowest BCUT2D eigenvalue weighted by Gasteiger charge is -2.22. The first-order valence-electron chi connectivity index (χ1n) is 9.55. The third-order valence-corrected chi connectivity index (χ3v) is 4.28. The van der Waals surface area contributed by atoms with E-state index < -0.39 is 0 Å². The van der Waals surface area contributed by atoms with Crippen molar-refractivity contribution in [3.05, 3.63) is 78.0 Å². The van der Waals surface area contributed by atoms with Gasteiger partial charge >= 0.3 is 0 Å². The van der Waals surface area contributed by atoms with Crippen molar-refractivity contribution in [2.75, 3.05) is 5.32 Å². The standard InChI is InChI=1S/C24H23N5/c1-17-7-5-10-20(26-17)12-11-18-8-6-9-19(15-18)22-23(28-24(2,3)4)29-14-13-25-16-21(29)27-22/h5-10,13-16,28H,1-4H3. The molecule has 0 spiro atoms. The Morgan fingerprint density at radius 2 is 1.83 bits per heavy atom. The summed E-state index contributed by atoms with van der Waals surface area (Å²) in [5.74, 6) is 7.31. The molecule has 0 fully saturated rings. The van der Waals surface area contributed by atoms with Gasteiger partial charge in [-0.1, -0.05) is 24.1 Å². The summed E-state index contributed by atoms with van der Waals surface area (Å²) in [7, 11) is 0. The van der Waals surface area contributed by atoms with Gasteiger partial charge in [-0.05, 0) is 57.9 Å². The Kier molecular flexibility index (Phi) is 4.77. The first-order chi connectivity index (χ1) is 13.9. The Morgan fingerprint density at radius 1 is 1.00 bits per heavy atom. The van der Waals surface area contributed by atoms with E-state index in [0.29, 0.717) is 0 Å². The number of anilines is 1. The number of aryl methyl sites for hydroxylation is 1. The third-order valence-electron chi connectivity index (χ3n) is 4.28. The lowest BCUT2D eigenvalue weighted by molar-refractivity contribution is 0.629. The van der Waals surface area contributed by atoms with Crippen LogP contribution in [-0.4, -0.2) is 24.9 Å². The van der Waals surface area contributed by atoms with Crippen LogP contribution in [0.25, 0.3) is 16.9 Å². The van der Waals surface area contributed by atoms with Crippen molar-refractivity contribution in [3.8, 4) is 23.1 Å². The molecule has 0 unspecified atom stereocenters. The van der Waals surface area contributed by atoms with Crippen molar-refractivity contribution < 1.29 is 0 Å². The van der Waals surface area contributed by atoms with Crippen LogP contribution in [0.5, 0.6) is 0 Å². The van der Waals surface area contributed by atoms with Crippen LogP contribution in [0.15, 0.2) is 61.1 Å². The van der Waals surface area contributed by atoms with Crippen molar-refractivity contribution in [1.29, 1.82) is 0 Å². The molecule has 0 amide bonds. The maximum atomic E-state index is 4.82. The maximum Gasteiger partial charge on any atom is 0.157 e. The highest BCUT2D eigenvalue weighted by atomic mass is 15.2. The smallest absolute Gasteiger partial charge is 0.157 e. The molecule has 5 heteroatoms. The lowest BCUT2D eigenvalue weighted by atomic mass is 10.1. The first-order valence-corrected chi connectivity index (χ1v) is 9.55. The third kappa shape index (κ3) is 4.27.